The summed E-state index contributed by atoms with van der Waals surface area (Å²) in [7, 11) is 0. The van der Waals surface area contributed by atoms with Gasteiger partial charge in [-0.25, -0.2) is 9.50 Å². The molecule has 2 fully saturated rings. The molecule has 0 amide bonds. The second-order valence-corrected chi connectivity index (χ2v) is 10.5. The van der Waals surface area contributed by atoms with Crippen molar-refractivity contribution in [2.45, 2.75) is 56.9 Å². The third kappa shape index (κ3) is 3.49. The average molecular weight is 463 g/mol. The number of rotatable bonds is 7. The molecule has 170 valence electrons. The van der Waals surface area contributed by atoms with Gasteiger partial charge in [-0.1, -0.05) is 6.92 Å². The van der Waals surface area contributed by atoms with Crippen molar-refractivity contribution in [2.24, 2.45) is 0 Å². The predicted molar refractivity (Wildman–Crippen MR) is 127 cm³/mol. The highest BCUT2D eigenvalue weighted by Gasteiger charge is 2.44. The molecule has 33 heavy (non-hydrogen) atoms. The number of hydrogen-bond acceptors (Lipinski definition) is 8. The molecule has 10 heteroatoms. The quantitative estimate of drug-likeness (QED) is 0.430. The Bertz CT molecular complexity index is 1320. The molecule has 5 heterocycles. The van der Waals surface area contributed by atoms with Gasteiger partial charge in [0.05, 0.1) is 17.0 Å². The van der Waals surface area contributed by atoms with E-state index in [4.69, 9.17) is 10.1 Å². The summed E-state index contributed by atoms with van der Waals surface area (Å²) in [5.41, 5.74) is 1.55. The summed E-state index contributed by atoms with van der Waals surface area (Å²) in [4.78, 5) is 24.6. The van der Waals surface area contributed by atoms with Crippen molar-refractivity contribution in [1.82, 2.24) is 29.8 Å². The zero-order valence-corrected chi connectivity index (χ0v) is 19.5. The van der Waals surface area contributed by atoms with Gasteiger partial charge in [-0.05, 0) is 44.7 Å². The number of nitrogens with one attached hydrogen (secondary N) is 2. The number of ketones is 1. The molecule has 2 N–H and O–H groups in total. The lowest BCUT2D eigenvalue weighted by atomic mass is 9.91. The Balaban J connectivity index is 1.33. The monoisotopic (exact) mass is 462 g/mol. The number of fused-ring (bicyclic) bond motifs is 1. The summed E-state index contributed by atoms with van der Waals surface area (Å²) in [6.07, 6.45) is 8.02. The first-order valence-electron chi connectivity index (χ1n) is 11.3. The Kier molecular flexibility index (Phi) is 4.55. The first-order chi connectivity index (χ1) is 15.9. The van der Waals surface area contributed by atoms with Crippen LogP contribution in [0.25, 0.3) is 5.52 Å². The van der Waals surface area contributed by atoms with E-state index in [1.54, 1.807) is 6.20 Å². The fourth-order valence-electron chi connectivity index (χ4n) is 4.64. The molecule has 9 nitrogen and oxygen atoms in total. The fraction of sp³-hybridized carbons (Fsp3) is 0.435. The van der Waals surface area contributed by atoms with Gasteiger partial charge in [0.1, 0.15) is 5.52 Å². The van der Waals surface area contributed by atoms with Gasteiger partial charge in [-0.3, -0.25) is 9.89 Å². The van der Waals surface area contributed by atoms with Gasteiger partial charge in [0.25, 0.3) is 0 Å². The highest BCUT2D eigenvalue weighted by molar-refractivity contribution is 7.09. The van der Waals surface area contributed by atoms with E-state index in [0.29, 0.717) is 18.2 Å². The predicted octanol–water partition coefficient (Wildman–Crippen LogP) is 3.87. The van der Waals surface area contributed by atoms with Gasteiger partial charge in [-0.2, -0.15) is 10.1 Å². The minimum Gasteiger partial charge on any atom is -0.327 e. The highest BCUT2D eigenvalue weighted by Crippen LogP contribution is 2.47. The van der Waals surface area contributed by atoms with Crippen LogP contribution in [0.2, 0.25) is 0 Å². The molecular formula is C23H26N8OS. The number of aromatic amines is 1. The van der Waals surface area contributed by atoms with Gasteiger partial charge < -0.3 is 10.2 Å². The smallest absolute Gasteiger partial charge is 0.246 e. The van der Waals surface area contributed by atoms with E-state index in [-0.39, 0.29) is 11.2 Å². The van der Waals surface area contributed by atoms with Gasteiger partial charge in [0.2, 0.25) is 5.95 Å². The number of Topliss-reactive ketones (excluding diaryl/α,β-unsaturated/α-hetero) is 1. The van der Waals surface area contributed by atoms with Gasteiger partial charge >= 0.3 is 0 Å². The summed E-state index contributed by atoms with van der Waals surface area (Å²) < 4.78 is 1.81. The number of aromatic nitrogens is 6. The third-order valence-corrected chi connectivity index (χ3v) is 7.91. The van der Waals surface area contributed by atoms with E-state index >= 15 is 0 Å². The maximum Gasteiger partial charge on any atom is 0.246 e. The molecule has 4 aromatic heterocycles. The van der Waals surface area contributed by atoms with Crippen LogP contribution in [0, 0.1) is 0 Å². The van der Waals surface area contributed by atoms with Crippen molar-refractivity contribution in [1.29, 1.82) is 0 Å². The summed E-state index contributed by atoms with van der Waals surface area (Å²) >= 11 is 1.51. The second-order valence-electron chi connectivity index (χ2n) is 9.51. The molecule has 6 rings (SSSR count). The standard InChI is InChI=1S/C23H26N8OS/c1-22(7-8-22)16-13-18(28-27-16)25-20-15-5-3-11-31(15)29-21(26-20)30-10-4-6-23(30,2)17(32)14-19-24-9-12-33-19/h3,5,9,11-13H,4,6-8,10,14H2,1-2H3,(H2,25,26,27,28,29)/t23-/m0/s1. The number of hydrogen-bond donors (Lipinski definition) is 2. The largest absolute Gasteiger partial charge is 0.327 e. The van der Waals surface area contributed by atoms with E-state index in [2.05, 4.69) is 38.4 Å². The zero-order valence-electron chi connectivity index (χ0n) is 18.7. The Hall–Kier alpha value is -3.27. The number of carbonyl (C=O) groups excluding carboxylic acids is 1. The molecule has 0 unspecified atom stereocenters. The van der Waals surface area contributed by atoms with Crippen LogP contribution >= 0.6 is 11.3 Å². The molecule has 1 saturated carbocycles. The fourth-order valence-corrected chi connectivity index (χ4v) is 5.26. The Morgan fingerprint density at radius 1 is 1.30 bits per heavy atom. The van der Waals surface area contributed by atoms with Crippen LogP contribution < -0.4 is 10.2 Å². The normalized spacial score (nSPS) is 21.6. The molecule has 0 bridgehead atoms. The first-order valence-corrected chi connectivity index (χ1v) is 12.2. The average Bonchev–Trinajstić information content (AvgIpc) is 3.35. The first kappa shape index (κ1) is 20.3. The maximum atomic E-state index is 13.3. The summed E-state index contributed by atoms with van der Waals surface area (Å²) in [5, 5.41) is 18.5. The molecule has 4 aromatic rings. The van der Waals surface area contributed by atoms with Crippen LogP contribution in [0.15, 0.2) is 36.0 Å². The molecule has 1 saturated heterocycles. The van der Waals surface area contributed by atoms with E-state index < -0.39 is 5.54 Å². The number of H-pyrrole nitrogens is 1. The van der Waals surface area contributed by atoms with E-state index in [1.807, 2.05) is 35.1 Å². The van der Waals surface area contributed by atoms with Crippen molar-refractivity contribution < 1.29 is 4.79 Å². The lowest BCUT2D eigenvalue weighted by molar-refractivity contribution is -0.122. The number of anilines is 3. The highest BCUT2D eigenvalue weighted by atomic mass is 32.1. The van der Waals surface area contributed by atoms with Crippen LogP contribution in [-0.2, 0) is 16.6 Å². The SMILES string of the molecule is CC1(c2cc(Nc3nc(N4CCC[C@@]4(C)C(=O)Cc4nccs4)nn4cccc34)n[nH]2)CC1. The maximum absolute atomic E-state index is 13.3. The Morgan fingerprint density at radius 2 is 2.18 bits per heavy atom. The molecular weight excluding hydrogens is 436 g/mol. The van der Waals surface area contributed by atoms with Crippen molar-refractivity contribution in [2.75, 3.05) is 16.8 Å². The van der Waals surface area contributed by atoms with Crippen molar-refractivity contribution in [3.8, 4) is 0 Å². The van der Waals surface area contributed by atoms with Crippen LogP contribution in [-0.4, -0.2) is 47.6 Å². The third-order valence-electron chi connectivity index (χ3n) is 7.13. The second kappa shape index (κ2) is 7.38. The lowest BCUT2D eigenvalue weighted by Crippen LogP contribution is -2.49. The number of carbonyl (C=O) groups is 1. The summed E-state index contributed by atoms with van der Waals surface area (Å²) in [5.74, 6) is 2.09. The van der Waals surface area contributed by atoms with Crippen molar-refractivity contribution >= 4 is 40.2 Å². The summed E-state index contributed by atoms with van der Waals surface area (Å²) in [6, 6.07) is 5.97. The van der Waals surface area contributed by atoms with Gasteiger partial charge in [0.15, 0.2) is 17.4 Å². The molecule has 1 atom stereocenters. The van der Waals surface area contributed by atoms with Crippen LogP contribution in [0.5, 0.6) is 0 Å². The van der Waals surface area contributed by atoms with Crippen molar-refractivity contribution in [3.63, 3.8) is 0 Å². The van der Waals surface area contributed by atoms with Crippen molar-refractivity contribution in [3.05, 3.63) is 46.7 Å². The summed E-state index contributed by atoms with van der Waals surface area (Å²) in [6.45, 7) is 4.98. The van der Waals surface area contributed by atoms with E-state index in [1.165, 1.54) is 24.2 Å². The minimum absolute atomic E-state index is 0.148. The number of nitrogens with zero attached hydrogens (tertiary/aromatic N) is 6. The molecule has 0 spiro atoms. The van der Waals surface area contributed by atoms with Crippen LogP contribution in [0.4, 0.5) is 17.6 Å². The van der Waals surface area contributed by atoms with Crippen LogP contribution in [0.3, 0.4) is 0 Å². The molecule has 0 radical (unpaired) electrons. The lowest BCUT2D eigenvalue weighted by Gasteiger charge is -2.33. The molecule has 0 aromatic carbocycles. The Labute approximate surface area is 195 Å². The van der Waals surface area contributed by atoms with Crippen LogP contribution in [0.1, 0.15) is 50.2 Å². The van der Waals surface area contributed by atoms with Gasteiger partial charge in [-0.15, -0.1) is 16.4 Å². The minimum atomic E-state index is -0.663. The number of thiazole rings is 1. The molecule has 1 aliphatic heterocycles. The molecule has 2 aliphatic rings. The topological polar surface area (TPSA) is 104 Å². The van der Waals surface area contributed by atoms with E-state index in [9.17, 15) is 4.79 Å². The Morgan fingerprint density at radius 3 is 2.97 bits per heavy atom. The zero-order chi connectivity index (χ0) is 22.6. The van der Waals surface area contributed by atoms with E-state index in [0.717, 1.165) is 41.4 Å². The van der Waals surface area contributed by atoms with Gasteiger partial charge in [0, 0.05) is 41.5 Å². The molecule has 1 aliphatic carbocycles.